The minimum absolute atomic E-state index is 0.0644. The number of nitrogens with zero attached hydrogens (tertiary/aromatic N) is 1. The summed E-state index contributed by atoms with van der Waals surface area (Å²) in [7, 11) is 0. The standard InChI is InChI=1S/C22H22N2O6/c1-2-28-22(27)15-4-6-17(7-5-15)23-21(26)16-10-20(25)24(12-16)11-14-3-8-18-19(9-14)30-13-29-18/h3-9,16H,2,10-13H2,1H3,(H,23,26). The smallest absolute Gasteiger partial charge is 0.338 e. The Morgan fingerprint density at radius 1 is 1.13 bits per heavy atom. The van der Waals surface area contributed by atoms with E-state index < -0.39 is 11.9 Å². The van der Waals surface area contributed by atoms with Gasteiger partial charge in [0.15, 0.2) is 11.5 Å². The van der Waals surface area contributed by atoms with E-state index in [0.717, 1.165) is 5.56 Å². The van der Waals surface area contributed by atoms with Gasteiger partial charge >= 0.3 is 5.97 Å². The molecule has 0 radical (unpaired) electrons. The zero-order valence-corrected chi connectivity index (χ0v) is 16.6. The number of carbonyl (C=O) groups is 3. The van der Waals surface area contributed by atoms with Crippen molar-refractivity contribution in [1.82, 2.24) is 4.90 Å². The maximum absolute atomic E-state index is 12.6. The van der Waals surface area contributed by atoms with E-state index in [1.54, 1.807) is 36.1 Å². The zero-order valence-electron chi connectivity index (χ0n) is 16.6. The Kier molecular flexibility index (Phi) is 5.56. The second-order valence-electron chi connectivity index (χ2n) is 7.15. The second kappa shape index (κ2) is 8.44. The minimum atomic E-state index is -0.434. The molecule has 2 aliphatic rings. The molecule has 1 unspecified atom stereocenters. The zero-order chi connectivity index (χ0) is 21.1. The summed E-state index contributed by atoms with van der Waals surface area (Å²) in [5.41, 5.74) is 1.90. The largest absolute Gasteiger partial charge is 0.462 e. The molecule has 2 aliphatic heterocycles. The summed E-state index contributed by atoms with van der Waals surface area (Å²) in [6, 6.07) is 12.0. The van der Waals surface area contributed by atoms with Gasteiger partial charge in [-0.25, -0.2) is 4.79 Å². The first-order valence-electron chi connectivity index (χ1n) is 9.78. The third-order valence-corrected chi connectivity index (χ3v) is 5.06. The van der Waals surface area contributed by atoms with Crippen molar-refractivity contribution in [2.45, 2.75) is 19.9 Å². The quantitative estimate of drug-likeness (QED) is 0.736. The Morgan fingerprint density at radius 3 is 2.67 bits per heavy atom. The summed E-state index contributed by atoms with van der Waals surface area (Å²) in [5.74, 6) is 0.232. The first-order chi connectivity index (χ1) is 14.5. The first-order valence-corrected chi connectivity index (χ1v) is 9.78. The number of benzene rings is 2. The van der Waals surface area contributed by atoms with Crippen LogP contribution < -0.4 is 14.8 Å². The van der Waals surface area contributed by atoms with Crippen LogP contribution in [0.15, 0.2) is 42.5 Å². The van der Waals surface area contributed by atoms with E-state index in [1.165, 1.54) is 0 Å². The van der Waals surface area contributed by atoms with Crippen molar-refractivity contribution >= 4 is 23.5 Å². The van der Waals surface area contributed by atoms with Crippen molar-refractivity contribution in [3.63, 3.8) is 0 Å². The molecular weight excluding hydrogens is 388 g/mol. The van der Waals surface area contributed by atoms with Crippen LogP contribution in [-0.2, 0) is 20.9 Å². The Morgan fingerprint density at radius 2 is 1.90 bits per heavy atom. The molecule has 0 saturated carbocycles. The molecule has 2 aromatic rings. The van der Waals surface area contributed by atoms with Gasteiger partial charge in [-0.15, -0.1) is 0 Å². The topological polar surface area (TPSA) is 94.2 Å². The van der Waals surface area contributed by atoms with Crippen molar-refractivity contribution in [1.29, 1.82) is 0 Å². The van der Waals surface area contributed by atoms with Gasteiger partial charge in [-0.3, -0.25) is 9.59 Å². The lowest BCUT2D eigenvalue weighted by Gasteiger charge is -2.17. The van der Waals surface area contributed by atoms with Crippen LogP contribution in [0.4, 0.5) is 5.69 Å². The van der Waals surface area contributed by atoms with E-state index in [4.69, 9.17) is 14.2 Å². The molecule has 2 amide bonds. The number of hydrogen-bond acceptors (Lipinski definition) is 6. The van der Waals surface area contributed by atoms with Crippen LogP contribution in [-0.4, -0.2) is 42.6 Å². The second-order valence-corrected chi connectivity index (χ2v) is 7.15. The van der Waals surface area contributed by atoms with Crippen LogP contribution in [0.5, 0.6) is 11.5 Å². The van der Waals surface area contributed by atoms with Gasteiger partial charge in [0.25, 0.3) is 0 Å². The lowest BCUT2D eigenvalue weighted by atomic mass is 10.1. The van der Waals surface area contributed by atoms with E-state index in [9.17, 15) is 14.4 Å². The van der Waals surface area contributed by atoms with Crippen LogP contribution in [0.2, 0.25) is 0 Å². The van der Waals surface area contributed by atoms with Crippen molar-refractivity contribution < 1.29 is 28.6 Å². The minimum Gasteiger partial charge on any atom is -0.462 e. The maximum Gasteiger partial charge on any atom is 0.338 e. The van der Waals surface area contributed by atoms with Crippen molar-refractivity contribution in [2.24, 2.45) is 5.92 Å². The van der Waals surface area contributed by atoms with Gasteiger partial charge in [0, 0.05) is 25.2 Å². The molecule has 2 aromatic carbocycles. The predicted octanol–water partition coefficient (Wildman–Crippen LogP) is 2.58. The van der Waals surface area contributed by atoms with Crippen LogP contribution in [0, 0.1) is 5.92 Å². The van der Waals surface area contributed by atoms with E-state index in [0.29, 0.717) is 42.4 Å². The lowest BCUT2D eigenvalue weighted by molar-refractivity contribution is -0.128. The van der Waals surface area contributed by atoms with Crippen molar-refractivity contribution in [3.05, 3.63) is 53.6 Å². The van der Waals surface area contributed by atoms with Crippen LogP contribution in [0.3, 0.4) is 0 Å². The van der Waals surface area contributed by atoms with Gasteiger partial charge in [0.1, 0.15) is 0 Å². The van der Waals surface area contributed by atoms with Crippen LogP contribution >= 0.6 is 0 Å². The fourth-order valence-electron chi connectivity index (χ4n) is 3.51. The summed E-state index contributed by atoms with van der Waals surface area (Å²) >= 11 is 0. The summed E-state index contributed by atoms with van der Waals surface area (Å²) in [5, 5.41) is 2.81. The summed E-state index contributed by atoms with van der Waals surface area (Å²) < 4.78 is 15.6. The van der Waals surface area contributed by atoms with Gasteiger partial charge in [-0.1, -0.05) is 6.07 Å². The molecule has 0 spiro atoms. The Balaban J connectivity index is 1.34. The molecule has 1 atom stereocenters. The Labute approximate surface area is 173 Å². The highest BCUT2D eigenvalue weighted by atomic mass is 16.7. The summed E-state index contributed by atoms with van der Waals surface area (Å²) in [6.07, 6.45) is 0.164. The number of fused-ring (bicyclic) bond motifs is 1. The Bertz CT molecular complexity index is 972. The molecule has 8 nitrogen and oxygen atoms in total. The molecule has 1 N–H and O–H groups in total. The van der Waals surface area contributed by atoms with Crippen LogP contribution in [0.1, 0.15) is 29.3 Å². The van der Waals surface area contributed by atoms with Gasteiger partial charge in [0.2, 0.25) is 18.6 Å². The highest BCUT2D eigenvalue weighted by Crippen LogP contribution is 2.33. The molecule has 1 fully saturated rings. The number of amides is 2. The average molecular weight is 410 g/mol. The average Bonchev–Trinajstić information content (AvgIpc) is 3.35. The molecule has 1 saturated heterocycles. The summed E-state index contributed by atoms with van der Waals surface area (Å²) in [4.78, 5) is 38.4. The summed E-state index contributed by atoms with van der Waals surface area (Å²) in [6.45, 7) is 3.00. The van der Waals surface area contributed by atoms with Crippen molar-refractivity contribution in [2.75, 3.05) is 25.3 Å². The van der Waals surface area contributed by atoms with Gasteiger partial charge < -0.3 is 24.4 Å². The molecule has 156 valence electrons. The molecule has 2 heterocycles. The molecule has 0 bridgehead atoms. The molecule has 4 rings (SSSR count). The van der Waals surface area contributed by atoms with Crippen molar-refractivity contribution in [3.8, 4) is 11.5 Å². The Hall–Kier alpha value is -3.55. The third kappa shape index (κ3) is 4.22. The lowest BCUT2D eigenvalue weighted by Crippen LogP contribution is -2.28. The molecule has 30 heavy (non-hydrogen) atoms. The number of esters is 1. The normalized spacial score (nSPS) is 17.2. The van der Waals surface area contributed by atoms with E-state index in [-0.39, 0.29) is 25.0 Å². The molecular formula is C22H22N2O6. The highest BCUT2D eigenvalue weighted by Gasteiger charge is 2.34. The molecule has 0 aromatic heterocycles. The monoisotopic (exact) mass is 410 g/mol. The fraction of sp³-hybridized carbons (Fsp3) is 0.318. The number of ether oxygens (including phenoxy) is 3. The number of nitrogens with one attached hydrogen (secondary N) is 1. The number of anilines is 1. The maximum atomic E-state index is 12.6. The van der Waals surface area contributed by atoms with Gasteiger partial charge in [-0.2, -0.15) is 0 Å². The highest BCUT2D eigenvalue weighted by molar-refractivity contribution is 5.97. The van der Waals surface area contributed by atoms with E-state index in [1.807, 2.05) is 18.2 Å². The van der Waals surface area contributed by atoms with E-state index >= 15 is 0 Å². The third-order valence-electron chi connectivity index (χ3n) is 5.06. The number of rotatable bonds is 6. The first kappa shape index (κ1) is 19.8. The van der Waals surface area contributed by atoms with Gasteiger partial charge in [0.05, 0.1) is 18.1 Å². The molecule has 0 aliphatic carbocycles. The SMILES string of the molecule is CCOC(=O)c1ccc(NC(=O)C2CC(=O)N(Cc3ccc4c(c3)OCO4)C2)cc1. The molecule has 8 heteroatoms. The predicted molar refractivity (Wildman–Crippen MR) is 107 cm³/mol. The van der Waals surface area contributed by atoms with E-state index in [2.05, 4.69) is 5.32 Å². The number of hydrogen-bond donors (Lipinski definition) is 1. The number of likely N-dealkylation sites (tertiary alicyclic amines) is 1. The van der Waals surface area contributed by atoms with Crippen LogP contribution in [0.25, 0.3) is 0 Å². The number of carbonyl (C=O) groups excluding carboxylic acids is 3. The fourth-order valence-corrected chi connectivity index (χ4v) is 3.51. The van der Waals surface area contributed by atoms with Gasteiger partial charge in [-0.05, 0) is 48.9 Å².